The Balaban J connectivity index is 0.968. The van der Waals surface area contributed by atoms with Crippen molar-refractivity contribution in [3.63, 3.8) is 0 Å². The second kappa shape index (κ2) is 11.4. The van der Waals surface area contributed by atoms with Gasteiger partial charge in [-0.25, -0.2) is 4.79 Å². The third-order valence-electron chi connectivity index (χ3n) is 10.8. The first-order valence-corrected chi connectivity index (χ1v) is 17.8. The van der Waals surface area contributed by atoms with E-state index < -0.39 is 21.4 Å². The number of carbonyl (C=O) groups excluding carboxylic acids is 1. The summed E-state index contributed by atoms with van der Waals surface area (Å²) in [6.07, 6.45) is 10.1. The minimum absolute atomic E-state index is 0.0469. The summed E-state index contributed by atoms with van der Waals surface area (Å²) in [6.45, 7) is 2.30. The molecule has 1 aliphatic heterocycles. The molecule has 3 heterocycles. The lowest BCUT2D eigenvalue weighted by Gasteiger charge is -2.57. The number of rotatable bonds is 7. The highest BCUT2D eigenvalue weighted by Crippen LogP contribution is 2.60. The monoisotopic (exact) mass is 655 g/mol. The Morgan fingerprint density at radius 3 is 2.28 bits per heavy atom. The molecule has 47 heavy (non-hydrogen) atoms. The van der Waals surface area contributed by atoms with Gasteiger partial charge in [-0.1, -0.05) is 24.3 Å². The molecule has 5 fully saturated rings. The van der Waals surface area contributed by atoms with E-state index in [2.05, 4.69) is 9.97 Å². The van der Waals surface area contributed by atoms with Crippen LogP contribution in [0.5, 0.6) is 5.75 Å². The molecule has 1 N–H and O–H groups in total. The van der Waals surface area contributed by atoms with Crippen LogP contribution in [-0.4, -0.2) is 59.9 Å². The lowest BCUT2D eigenvalue weighted by Crippen LogP contribution is -2.58. The Kier molecular flexibility index (Phi) is 7.23. The van der Waals surface area contributed by atoms with Crippen LogP contribution < -0.4 is 20.3 Å². The van der Waals surface area contributed by atoms with E-state index in [1.165, 1.54) is 42.2 Å². The number of benzene rings is 2. The molecule has 4 aromatic rings. The molecular formula is C35H37N5O6S. The number of nitrogens with zero attached hydrogens (tertiary/aromatic N) is 4. The van der Waals surface area contributed by atoms with Crippen molar-refractivity contribution >= 4 is 32.6 Å². The van der Waals surface area contributed by atoms with Crippen LogP contribution >= 0.6 is 0 Å². The SMILES string of the molecule is O=C(N1CCN(c2cc(=O)[nH]c(=O)n2Cc2ccc(OS(=O)(=O)c3cccc4cnccc34)cc2)CC1)C12CC3CC(CC(C3)C1)C2. The average molecular weight is 656 g/mol. The number of fused-ring (bicyclic) bond motifs is 1. The predicted molar refractivity (Wildman–Crippen MR) is 176 cm³/mol. The molecule has 2 aromatic heterocycles. The number of amides is 1. The highest BCUT2D eigenvalue weighted by atomic mass is 32.2. The molecular weight excluding hydrogens is 618 g/mol. The fourth-order valence-corrected chi connectivity index (χ4v) is 10.2. The highest BCUT2D eigenvalue weighted by molar-refractivity contribution is 7.87. The minimum atomic E-state index is -4.13. The maximum atomic E-state index is 13.9. The molecule has 9 rings (SSSR count). The van der Waals surface area contributed by atoms with Gasteiger partial charge in [0.2, 0.25) is 5.91 Å². The average Bonchev–Trinajstić information content (AvgIpc) is 3.05. The molecule has 11 nitrogen and oxygen atoms in total. The summed E-state index contributed by atoms with van der Waals surface area (Å²) >= 11 is 0. The van der Waals surface area contributed by atoms with Crippen LogP contribution in [0.3, 0.4) is 0 Å². The van der Waals surface area contributed by atoms with E-state index in [0.717, 1.165) is 24.8 Å². The molecule has 0 atom stereocenters. The van der Waals surface area contributed by atoms with Crippen molar-refractivity contribution in [3.8, 4) is 5.75 Å². The number of pyridine rings is 1. The van der Waals surface area contributed by atoms with Crippen LogP contribution in [0.25, 0.3) is 10.8 Å². The molecule has 4 saturated carbocycles. The van der Waals surface area contributed by atoms with Gasteiger partial charge in [0, 0.05) is 55.4 Å². The molecule has 244 valence electrons. The summed E-state index contributed by atoms with van der Waals surface area (Å²) in [5.41, 5.74) is -0.485. The molecule has 4 bridgehead atoms. The Labute approximate surface area is 272 Å². The predicted octanol–water partition coefficient (Wildman–Crippen LogP) is 3.77. The first kappa shape index (κ1) is 29.9. The van der Waals surface area contributed by atoms with Crippen LogP contribution in [0.4, 0.5) is 5.82 Å². The molecule has 0 unspecified atom stereocenters. The van der Waals surface area contributed by atoms with Gasteiger partial charge in [0.25, 0.3) is 5.56 Å². The maximum Gasteiger partial charge on any atom is 0.339 e. The molecule has 1 amide bonds. The van der Waals surface area contributed by atoms with Crippen molar-refractivity contribution < 1.29 is 17.4 Å². The van der Waals surface area contributed by atoms with E-state index in [1.807, 2.05) is 9.80 Å². The van der Waals surface area contributed by atoms with Gasteiger partial charge in [-0.05, 0) is 86.1 Å². The van der Waals surface area contributed by atoms with E-state index in [-0.39, 0.29) is 22.6 Å². The smallest absolute Gasteiger partial charge is 0.339 e. The molecule has 2 aromatic carbocycles. The molecule has 5 aliphatic rings. The number of hydrogen-bond donors (Lipinski definition) is 1. The fraction of sp³-hybridized carbons (Fsp3) is 0.429. The number of aromatic amines is 1. The van der Waals surface area contributed by atoms with Crippen LogP contribution in [0.15, 0.2) is 81.5 Å². The van der Waals surface area contributed by atoms with E-state index in [0.29, 0.717) is 66.4 Å². The lowest BCUT2D eigenvalue weighted by atomic mass is 9.49. The van der Waals surface area contributed by atoms with Gasteiger partial charge in [-0.15, -0.1) is 0 Å². The van der Waals surface area contributed by atoms with Crippen molar-refractivity contribution in [2.24, 2.45) is 23.2 Å². The largest absolute Gasteiger partial charge is 0.379 e. The van der Waals surface area contributed by atoms with Crippen LogP contribution in [0, 0.1) is 23.2 Å². The van der Waals surface area contributed by atoms with E-state index in [9.17, 15) is 22.8 Å². The summed E-state index contributed by atoms with van der Waals surface area (Å²) in [5.74, 6) is 3.03. The van der Waals surface area contributed by atoms with Gasteiger partial charge in [0.05, 0.1) is 12.0 Å². The summed E-state index contributed by atoms with van der Waals surface area (Å²) < 4.78 is 33.3. The van der Waals surface area contributed by atoms with Gasteiger partial charge in [0.1, 0.15) is 16.5 Å². The Morgan fingerprint density at radius 2 is 1.60 bits per heavy atom. The van der Waals surface area contributed by atoms with Crippen LogP contribution in [-0.2, 0) is 21.5 Å². The van der Waals surface area contributed by atoms with Gasteiger partial charge in [0.15, 0.2) is 0 Å². The van der Waals surface area contributed by atoms with Crippen molar-refractivity contribution in [1.82, 2.24) is 19.4 Å². The standard InChI is InChI=1S/C35H37N5O6S/c41-31-17-32(38-10-12-39(13-11-38)33(42)35-18-24-14-25(19-35)16-26(15-24)20-35)40(34(43)37-31)22-23-4-6-28(7-5-23)46-47(44,45)30-3-1-2-27-21-36-9-8-29(27)30/h1-9,17,21,24-26H,10-16,18-20,22H2,(H,37,41,43). The van der Waals surface area contributed by atoms with E-state index in [1.54, 1.807) is 48.7 Å². The Hall–Kier alpha value is -4.45. The number of carbonyl (C=O) groups is 1. The molecule has 12 heteroatoms. The zero-order chi connectivity index (χ0) is 32.3. The van der Waals surface area contributed by atoms with Crippen molar-refractivity contribution in [2.45, 2.75) is 50.0 Å². The zero-order valence-corrected chi connectivity index (χ0v) is 26.8. The van der Waals surface area contributed by atoms with Crippen LogP contribution in [0.1, 0.15) is 44.1 Å². The summed E-state index contributed by atoms with van der Waals surface area (Å²) in [7, 11) is -4.13. The van der Waals surface area contributed by atoms with Gasteiger partial charge >= 0.3 is 15.8 Å². The Morgan fingerprint density at radius 1 is 0.915 bits per heavy atom. The van der Waals surface area contributed by atoms with Crippen LogP contribution in [0.2, 0.25) is 0 Å². The quantitative estimate of drug-likeness (QED) is 0.298. The van der Waals surface area contributed by atoms with Crippen molar-refractivity contribution in [2.75, 3.05) is 31.1 Å². The van der Waals surface area contributed by atoms with Gasteiger partial charge in [-0.3, -0.25) is 24.1 Å². The highest BCUT2D eigenvalue weighted by Gasteiger charge is 2.55. The normalized spacial score (nSPS) is 25.3. The third-order valence-corrected chi connectivity index (χ3v) is 12.1. The molecule has 4 aliphatic carbocycles. The Bertz CT molecular complexity index is 2040. The summed E-state index contributed by atoms with van der Waals surface area (Å²) in [5, 5.41) is 1.20. The molecule has 0 radical (unpaired) electrons. The first-order chi connectivity index (χ1) is 22.7. The summed E-state index contributed by atoms with van der Waals surface area (Å²) in [4.78, 5) is 49.9. The number of anilines is 1. The maximum absolute atomic E-state index is 13.9. The topological polar surface area (TPSA) is 135 Å². The lowest BCUT2D eigenvalue weighted by molar-refractivity contribution is -0.158. The minimum Gasteiger partial charge on any atom is -0.379 e. The molecule has 1 saturated heterocycles. The van der Waals surface area contributed by atoms with Crippen molar-refractivity contribution in [3.05, 3.63) is 93.4 Å². The molecule has 0 spiro atoms. The van der Waals surface area contributed by atoms with Gasteiger partial charge < -0.3 is 14.0 Å². The second-order valence-corrected chi connectivity index (χ2v) is 15.4. The number of piperazine rings is 1. The van der Waals surface area contributed by atoms with E-state index in [4.69, 9.17) is 4.18 Å². The number of aromatic nitrogens is 3. The number of hydrogen-bond acceptors (Lipinski definition) is 8. The second-order valence-electron chi connectivity index (χ2n) is 13.9. The third kappa shape index (κ3) is 5.52. The number of H-pyrrole nitrogens is 1. The fourth-order valence-electron chi connectivity index (χ4n) is 9.08. The number of nitrogens with one attached hydrogen (secondary N) is 1. The van der Waals surface area contributed by atoms with E-state index >= 15 is 0 Å². The van der Waals surface area contributed by atoms with Crippen molar-refractivity contribution in [1.29, 1.82) is 0 Å². The summed E-state index contributed by atoms with van der Waals surface area (Å²) in [6, 6.07) is 14.5. The van der Waals surface area contributed by atoms with Gasteiger partial charge in [-0.2, -0.15) is 8.42 Å². The first-order valence-electron chi connectivity index (χ1n) is 16.4. The zero-order valence-electron chi connectivity index (χ0n) is 26.0.